The first-order valence-corrected chi connectivity index (χ1v) is 10.9. The van der Waals surface area contributed by atoms with Gasteiger partial charge in [0.05, 0.1) is 17.5 Å². The summed E-state index contributed by atoms with van der Waals surface area (Å²) in [6.07, 6.45) is 2.14. The second-order valence-electron chi connectivity index (χ2n) is 8.41. The fraction of sp³-hybridized carbons (Fsp3) is 0.435. The van der Waals surface area contributed by atoms with Crippen LogP contribution in [0.1, 0.15) is 13.3 Å². The molecule has 2 N–H and O–H groups in total. The van der Waals surface area contributed by atoms with E-state index in [-0.39, 0.29) is 17.9 Å². The second kappa shape index (κ2) is 8.19. The Morgan fingerprint density at radius 1 is 1.19 bits per heavy atom. The van der Waals surface area contributed by atoms with E-state index in [2.05, 4.69) is 44.8 Å². The van der Waals surface area contributed by atoms with Crippen molar-refractivity contribution in [3.8, 4) is 17.1 Å². The Morgan fingerprint density at radius 3 is 2.68 bits per heavy atom. The zero-order chi connectivity index (χ0) is 21.4. The minimum absolute atomic E-state index is 0.0809. The maximum atomic E-state index is 11.6. The summed E-state index contributed by atoms with van der Waals surface area (Å²) in [5.41, 5.74) is 4.81. The molecule has 2 aromatic heterocycles. The van der Waals surface area contributed by atoms with Crippen LogP contribution >= 0.6 is 0 Å². The van der Waals surface area contributed by atoms with E-state index in [0.29, 0.717) is 18.8 Å². The molecular formula is C23H28N6O2. The lowest BCUT2D eigenvalue weighted by Gasteiger charge is -2.29. The van der Waals surface area contributed by atoms with Crippen LogP contribution in [0.15, 0.2) is 36.7 Å². The van der Waals surface area contributed by atoms with Gasteiger partial charge in [0.15, 0.2) is 0 Å². The molecule has 2 aliphatic rings. The van der Waals surface area contributed by atoms with E-state index in [1.807, 2.05) is 24.6 Å². The number of hydrogen-bond acceptors (Lipinski definition) is 6. The SMILES string of the molecule is C[C@@H](Oc1nc(-c2ccc(N3CCNCC3)cc2)cc2ncn(C)c12)C1CNC(=O)C1. The molecule has 4 heterocycles. The summed E-state index contributed by atoms with van der Waals surface area (Å²) in [6.45, 7) is 6.71. The van der Waals surface area contributed by atoms with E-state index in [0.717, 1.165) is 48.5 Å². The number of hydrogen-bond donors (Lipinski definition) is 2. The van der Waals surface area contributed by atoms with Gasteiger partial charge in [-0.2, -0.15) is 0 Å². The van der Waals surface area contributed by atoms with Gasteiger partial charge in [-0.15, -0.1) is 0 Å². The maximum Gasteiger partial charge on any atom is 0.241 e. The van der Waals surface area contributed by atoms with Crippen molar-refractivity contribution in [2.75, 3.05) is 37.6 Å². The fourth-order valence-electron chi connectivity index (χ4n) is 4.37. The highest BCUT2D eigenvalue weighted by molar-refractivity contribution is 5.84. The minimum Gasteiger partial charge on any atom is -0.473 e. The predicted molar refractivity (Wildman–Crippen MR) is 120 cm³/mol. The molecule has 31 heavy (non-hydrogen) atoms. The smallest absolute Gasteiger partial charge is 0.241 e. The third kappa shape index (κ3) is 3.95. The maximum absolute atomic E-state index is 11.6. The van der Waals surface area contributed by atoms with Crippen LogP contribution < -0.4 is 20.3 Å². The predicted octanol–water partition coefficient (Wildman–Crippen LogP) is 1.95. The molecule has 2 fully saturated rings. The molecular weight excluding hydrogens is 392 g/mol. The van der Waals surface area contributed by atoms with Gasteiger partial charge in [0.2, 0.25) is 11.8 Å². The number of rotatable bonds is 5. The molecule has 0 spiro atoms. The van der Waals surface area contributed by atoms with E-state index in [1.54, 1.807) is 6.33 Å². The van der Waals surface area contributed by atoms with Gasteiger partial charge in [-0.05, 0) is 25.1 Å². The molecule has 2 saturated heterocycles. The number of nitrogens with zero attached hydrogens (tertiary/aromatic N) is 4. The number of nitrogens with one attached hydrogen (secondary N) is 2. The normalized spacial score (nSPS) is 20.1. The van der Waals surface area contributed by atoms with Crippen molar-refractivity contribution in [1.82, 2.24) is 25.2 Å². The average molecular weight is 421 g/mol. The van der Waals surface area contributed by atoms with Crippen LogP contribution in [-0.4, -0.2) is 59.3 Å². The number of amides is 1. The lowest BCUT2D eigenvalue weighted by molar-refractivity contribution is -0.119. The van der Waals surface area contributed by atoms with Gasteiger partial charge < -0.3 is 24.8 Å². The van der Waals surface area contributed by atoms with E-state index in [9.17, 15) is 4.79 Å². The molecule has 3 aromatic rings. The summed E-state index contributed by atoms with van der Waals surface area (Å²) >= 11 is 0. The van der Waals surface area contributed by atoms with Crippen molar-refractivity contribution in [1.29, 1.82) is 0 Å². The molecule has 1 unspecified atom stereocenters. The summed E-state index contributed by atoms with van der Waals surface area (Å²) in [5.74, 6) is 0.780. The van der Waals surface area contributed by atoms with Gasteiger partial charge in [0.25, 0.3) is 0 Å². The second-order valence-corrected chi connectivity index (χ2v) is 8.41. The number of imidazole rings is 1. The van der Waals surface area contributed by atoms with Crippen LogP contribution in [0, 0.1) is 5.92 Å². The number of fused-ring (bicyclic) bond motifs is 1. The lowest BCUT2D eigenvalue weighted by atomic mass is 10.0. The summed E-state index contributed by atoms with van der Waals surface area (Å²) in [6, 6.07) is 10.5. The molecule has 162 valence electrons. The summed E-state index contributed by atoms with van der Waals surface area (Å²) in [7, 11) is 1.94. The first-order chi connectivity index (χ1) is 15.1. The Hall–Kier alpha value is -3.13. The fourth-order valence-corrected chi connectivity index (χ4v) is 4.37. The third-order valence-corrected chi connectivity index (χ3v) is 6.28. The van der Waals surface area contributed by atoms with E-state index in [4.69, 9.17) is 9.72 Å². The average Bonchev–Trinajstić information content (AvgIpc) is 3.40. The topological polar surface area (TPSA) is 84.3 Å². The van der Waals surface area contributed by atoms with Crippen LogP contribution in [0.4, 0.5) is 5.69 Å². The Kier molecular flexibility index (Phi) is 5.23. The van der Waals surface area contributed by atoms with Crippen molar-refractivity contribution in [2.45, 2.75) is 19.4 Å². The molecule has 8 heteroatoms. The first kappa shape index (κ1) is 19.8. The number of pyridine rings is 1. The van der Waals surface area contributed by atoms with Crippen molar-refractivity contribution >= 4 is 22.6 Å². The summed E-state index contributed by atoms with van der Waals surface area (Å²) < 4.78 is 8.23. The quantitative estimate of drug-likeness (QED) is 0.656. The Morgan fingerprint density at radius 2 is 1.97 bits per heavy atom. The number of aryl methyl sites for hydroxylation is 1. The van der Waals surface area contributed by atoms with Gasteiger partial charge in [0.1, 0.15) is 11.6 Å². The van der Waals surface area contributed by atoms with Crippen LogP contribution in [0.5, 0.6) is 5.88 Å². The summed E-state index contributed by atoms with van der Waals surface area (Å²) in [4.78, 5) is 23.4. The highest BCUT2D eigenvalue weighted by Gasteiger charge is 2.29. The zero-order valence-corrected chi connectivity index (χ0v) is 18.0. The molecule has 1 amide bonds. The number of piperazine rings is 1. The lowest BCUT2D eigenvalue weighted by Crippen LogP contribution is -2.43. The van der Waals surface area contributed by atoms with Gasteiger partial charge in [-0.1, -0.05) is 12.1 Å². The standard InChI is InChI=1S/C23H28N6O2/c1-15(17-11-21(30)25-13-17)31-23-22-20(26-14-28(22)2)12-19(27-23)16-3-5-18(6-4-16)29-9-7-24-8-10-29/h3-6,12,14-15,17,24H,7-11,13H2,1-2H3,(H,25,30)/t15-,17?/m1/s1. The number of carbonyl (C=O) groups excluding carboxylic acids is 1. The monoisotopic (exact) mass is 420 g/mol. The van der Waals surface area contributed by atoms with Crippen LogP contribution in [0.2, 0.25) is 0 Å². The molecule has 0 saturated carbocycles. The van der Waals surface area contributed by atoms with Crippen molar-refractivity contribution in [3.63, 3.8) is 0 Å². The number of ether oxygens (including phenoxy) is 1. The largest absolute Gasteiger partial charge is 0.473 e. The molecule has 0 aliphatic carbocycles. The van der Waals surface area contributed by atoms with Gasteiger partial charge >= 0.3 is 0 Å². The molecule has 2 atom stereocenters. The third-order valence-electron chi connectivity index (χ3n) is 6.28. The zero-order valence-electron chi connectivity index (χ0n) is 18.0. The molecule has 1 aromatic carbocycles. The Labute approximate surface area is 181 Å². The Bertz CT molecular complexity index is 1090. The van der Waals surface area contributed by atoms with Crippen LogP contribution in [0.3, 0.4) is 0 Å². The first-order valence-electron chi connectivity index (χ1n) is 10.9. The highest BCUT2D eigenvalue weighted by atomic mass is 16.5. The molecule has 0 radical (unpaired) electrons. The minimum atomic E-state index is -0.130. The molecule has 5 rings (SSSR count). The number of anilines is 1. The van der Waals surface area contributed by atoms with Crippen molar-refractivity contribution in [3.05, 3.63) is 36.7 Å². The number of aromatic nitrogens is 3. The van der Waals surface area contributed by atoms with E-state index >= 15 is 0 Å². The van der Waals surface area contributed by atoms with Gasteiger partial charge in [-0.25, -0.2) is 9.97 Å². The summed E-state index contributed by atoms with van der Waals surface area (Å²) in [5, 5.41) is 6.27. The van der Waals surface area contributed by atoms with E-state index < -0.39 is 0 Å². The molecule has 0 bridgehead atoms. The highest BCUT2D eigenvalue weighted by Crippen LogP contribution is 2.31. The van der Waals surface area contributed by atoms with Gasteiger partial charge in [0, 0.05) is 63.4 Å². The van der Waals surface area contributed by atoms with Crippen molar-refractivity contribution in [2.24, 2.45) is 13.0 Å². The van der Waals surface area contributed by atoms with Crippen molar-refractivity contribution < 1.29 is 9.53 Å². The Balaban J connectivity index is 1.44. The molecule has 8 nitrogen and oxygen atoms in total. The number of benzene rings is 1. The number of carbonyl (C=O) groups is 1. The van der Waals surface area contributed by atoms with E-state index in [1.165, 1.54) is 5.69 Å². The van der Waals surface area contributed by atoms with Gasteiger partial charge in [-0.3, -0.25) is 4.79 Å². The molecule has 2 aliphatic heterocycles. The van der Waals surface area contributed by atoms with Crippen LogP contribution in [0.25, 0.3) is 22.3 Å². The van der Waals surface area contributed by atoms with Crippen LogP contribution in [-0.2, 0) is 11.8 Å².